The van der Waals surface area contributed by atoms with Crippen molar-refractivity contribution in [1.29, 1.82) is 0 Å². The summed E-state index contributed by atoms with van der Waals surface area (Å²) in [4.78, 5) is 4.96. The number of pyridine rings is 1. The summed E-state index contributed by atoms with van der Waals surface area (Å²) in [5.41, 5.74) is 6.06. The first-order valence-corrected chi connectivity index (χ1v) is 13.4. The molecule has 6 aromatic carbocycles. The van der Waals surface area contributed by atoms with Gasteiger partial charge >= 0.3 is 0 Å². The number of hydrogen-bond acceptors (Lipinski definition) is 2. The van der Waals surface area contributed by atoms with E-state index in [1.54, 1.807) is 0 Å². The third-order valence-corrected chi connectivity index (χ3v) is 8.72. The molecule has 0 amide bonds. The van der Waals surface area contributed by atoms with E-state index in [4.69, 9.17) is 4.98 Å². The molecule has 8 aromatic rings. The Morgan fingerprint density at radius 3 is 1.95 bits per heavy atom. The van der Waals surface area contributed by atoms with Gasteiger partial charge in [0.15, 0.2) is 0 Å². The topological polar surface area (TPSA) is 12.9 Å². The monoisotopic (exact) mass is 487 g/mol. The van der Waals surface area contributed by atoms with Crippen LogP contribution >= 0.6 is 11.3 Å². The van der Waals surface area contributed by atoms with Gasteiger partial charge in [-0.15, -0.1) is 11.3 Å². The van der Waals surface area contributed by atoms with Crippen molar-refractivity contribution in [3.05, 3.63) is 128 Å². The molecule has 2 aromatic heterocycles. The molecule has 8 rings (SSSR count). The van der Waals surface area contributed by atoms with E-state index >= 15 is 0 Å². The lowest BCUT2D eigenvalue weighted by Crippen LogP contribution is -1.93. The second-order valence-corrected chi connectivity index (χ2v) is 10.6. The lowest BCUT2D eigenvalue weighted by Gasteiger charge is -2.19. The summed E-state index contributed by atoms with van der Waals surface area (Å²) in [6.07, 6.45) is 2.10. The molecule has 0 aliphatic heterocycles. The zero-order valence-corrected chi connectivity index (χ0v) is 20.8. The van der Waals surface area contributed by atoms with E-state index in [1.165, 1.54) is 69.4 Å². The highest BCUT2D eigenvalue weighted by molar-refractivity contribution is 7.26. The quantitative estimate of drug-likeness (QED) is 0.175. The molecule has 0 spiro atoms. The number of hydrogen-bond donors (Lipinski definition) is 0. The number of fused-ring (bicyclic) bond motifs is 7. The van der Waals surface area contributed by atoms with Crippen LogP contribution < -0.4 is 0 Å². The predicted molar refractivity (Wildman–Crippen MR) is 161 cm³/mol. The molecular weight excluding hydrogens is 466 g/mol. The van der Waals surface area contributed by atoms with Crippen LogP contribution in [0.2, 0.25) is 0 Å². The molecule has 0 aliphatic carbocycles. The second kappa shape index (κ2) is 7.99. The van der Waals surface area contributed by atoms with Crippen LogP contribution in [0.25, 0.3) is 74.9 Å². The van der Waals surface area contributed by atoms with Crippen molar-refractivity contribution < 1.29 is 0 Å². The molecule has 2 heteroatoms. The van der Waals surface area contributed by atoms with Crippen LogP contribution in [0.5, 0.6) is 0 Å². The van der Waals surface area contributed by atoms with Gasteiger partial charge in [-0.1, -0.05) is 109 Å². The minimum Gasteiger partial charge on any atom is -0.256 e. The SMILES string of the molecule is c1ccc(-c2c3ccccc3c(-c3cccc4c3sc3ccccc34)c3cnc4ccccc4c23)cc1. The Morgan fingerprint density at radius 1 is 0.459 bits per heavy atom. The van der Waals surface area contributed by atoms with E-state index in [0.717, 1.165) is 5.52 Å². The van der Waals surface area contributed by atoms with Gasteiger partial charge in [0.05, 0.1) is 5.52 Å². The average Bonchev–Trinajstić information content (AvgIpc) is 3.35. The zero-order valence-electron chi connectivity index (χ0n) is 20.0. The minimum absolute atomic E-state index is 1.02. The Morgan fingerprint density at radius 2 is 1.11 bits per heavy atom. The first kappa shape index (κ1) is 20.6. The zero-order chi connectivity index (χ0) is 24.3. The maximum absolute atomic E-state index is 4.96. The van der Waals surface area contributed by atoms with E-state index in [2.05, 4.69) is 128 Å². The number of aromatic nitrogens is 1. The van der Waals surface area contributed by atoms with Gasteiger partial charge in [-0.05, 0) is 34.0 Å². The van der Waals surface area contributed by atoms with Crippen molar-refractivity contribution in [2.24, 2.45) is 0 Å². The summed E-state index contributed by atoms with van der Waals surface area (Å²) in [5.74, 6) is 0. The standard InChI is InChI=1S/C35H21NS/c1-2-11-22(12-3-1)32-24-14-4-5-15-25(24)33(29-21-36-30-19-8-6-16-27(30)34(29)32)28-18-10-17-26-23-13-7-9-20-31(23)37-35(26)28/h1-21H. The third kappa shape index (κ3) is 3.00. The van der Waals surface area contributed by atoms with Crippen LogP contribution in [0, 0.1) is 0 Å². The summed E-state index contributed by atoms with van der Waals surface area (Å²) >= 11 is 1.88. The first-order valence-electron chi connectivity index (χ1n) is 12.6. The lowest BCUT2D eigenvalue weighted by molar-refractivity contribution is 1.45. The summed E-state index contributed by atoms with van der Waals surface area (Å²) in [6.45, 7) is 0. The molecule has 0 bridgehead atoms. The van der Waals surface area contributed by atoms with Crippen LogP contribution in [0.3, 0.4) is 0 Å². The number of rotatable bonds is 2. The maximum Gasteiger partial charge on any atom is 0.0708 e. The largest absolute Gasteiger partial charge is 0.256 e. The molecular formula is C35H21NS. The third-order valence-electron chi connectivity index (χ3n) is 7.50. The van der Waals surface area contributed by atoms with Crippen molar-refractivity contribution in [2.45, 2.75) is 0 Å². The minimum atomic E-state index is 1.02. The van der Waals surface area contributed by atoms with Gasteiger partial charge in [-0.25, -0.2) is 0 Å². The predicted octanol–water partition coefficient (Wildman–Crippen LogP) is 10.2. The Labute approximate surface area is 218 Å². The average molecular weight is 488 g/mol. The van der Waals surface area contributed by atoms with Gasteiger partial charge in [0, 0.05) is 53.7 Å². The van der Waals surface area contributed by atoms with Crippen LogP contribution in [-0.4, -0.2) is 4.98 Å². The summed E-state index contributed by atoms with van der Waals surface area (Å²) in [7, 11) is 0. The number of thiophene rings is 1. The molecule has 0 saturated heterocycles. The molecule has 2 heterocycles. The fourth-order valence-corrected chi connectivity index (χ4v) is 7.16. The Bertz CT molecular complexity index is 2140. The highest BCUT2D eigenvalue weighted by Gasteiger charge is 2.21. The molecule has 172 valence electrons. The Balaban J connectivity index is 1.64. The van der Waals surface area contributed by atoms with E-state index in [0.29, 0.717) is 0 Å². The molecule has 37 heavy (non-hydrogen) atoms. The summed E-state index contributed by atoms with van der Waals surface area (Å²) in [5, 5.41) is 8.82. The fraction of sp³-hybridized carbons (Fsp3) is 0. The Hall–Kier alpha value is -4.53. The number of nitrogens with zero attached hydrogens (tertiary/aromatic N) is 1. The van der Waals surface area contributed by atoms with Crippen molar-refractivity contribution in [3.63, 3.8) is 0 Å². The molecule has 0 fully saturated rings. The second-order valence-electron chi connectivity index (χ2n) is 9.51. The first-order chi connectivity index (χ1) is 18.4. The van der Waals surface area contributed by atoms with Crippen molar-refractivity contribution in [2.75, 3.05) is 0 Å². The fourth-order valence-electron chi connectivity index (χ4n) is 5.94. The van der Waals surface area contributed by atoms with Gasteiger partial charge in [-0.2, -0.15) is 0 Å². The van der Waals surface area contributed by atoms with Gasteiger partial charge in [0.25, 0.3) is 0 Å². The highest BCUT2D eigenvalue weighted by atomic mass is 32.1. The summed E-state index contributed by atoms with van der Waals surface area (Å²) in [6, 6.07) is 43.7. The Kier molecular flexibility index (Phi) is 4.46. The highest BCUT2D eigenvalue weighted by Crippen LogP contribution is 2.48. The van der Waals surface area contributed by atoms with Gasteiger partial charge < -0.3 is 0 Å². The normalized spacial score (nSPS) is 11.8. The lowest BCUT2D eigenvalue weighted by atomic mass is 9.85. The van der Waals surface area contributed by atoms with Crippen LogP contribution in [0.1, 0.15) is 0 Å². The summed E-state index contributed by atoms with van der Waals surface area (Å²) < 4.78 is 2.65. The van der Waals surface area contributed by atoms with Gasteiger partial charge in [0.2, 0.25) is 0 Å². The van der Waals surface area contributed by atoms with E-state index in [-0.39, 0.29) is 0 Å². The maximum atomic E-state index is 4.96. The smallest absolute Gasteiger partial charge is 0.0708 e. The van der Waals surface area contributed by atoms with Gasteiger partial charge in [0.1, 0.15) is 0 Å². The molecule has 0 saturated carbocycles. The molecule has 0 N–H and O–H groups in total. The number of para-hydroxylation sites is 1. The van der Waals surface area contributed by atoms with Crippen LogP contribution in [0.4, 0.5) is 0 Å². The molecule has 1 nitrogen and oxygen atoms in total. The van der Waals surface area contributed by atoms with Crippen molar-refractivity contribution in [3.8, 4) is 22.3 Å². The van der Waals surface area contributed by atoms with Crippen LogP contribution in [-0.2, 0) is 0 Å². The van der Waals surface area contributed by atoms with Crippen molar-refractivity contribution in [1.82, 2.24) is 4.98 Å². The van der Waals surface area contributed by atoms with Crippen molar-refractivity contribution >= 4 is 64.0 Å². The molecule has 0 atom stereocenters. The van der Waals surface area contributed by atoms with E-state index in [9.17, 15) is 0 Å². The molecule has 0 aliphatic rings. The number of benzene rings is 6. The molecule has 0 radical (unpaired) electrons. The molecule has 0 unspecified atom stereocenters. The van der Waals surface area contributed by atoms with Gasteiger partial charge in [-0.3, -0.25) is 4.98 Å². The van der Waals surface area contributed by atoms with E-state index < -0.39 is 0 Å². The van der Waals surface area contributed by atoms with E-state index in [1.807, 2.05) is 11.3 Å². The van der Waals surface area contributed by atoms with Crippen LogP contribution in [0.15, 0.2) is 128 Å².